The Labute approximate surface area is 109 Å². The highest BCUT2D eigenvalue weighted by molar-refractivity contribution is 5.85. The Morgan fingerprint density at radius 1 is 1.50 bits per heavy atom. The van der Waals surface area contributed by atoms with E-state index in [1.807, 2.05) is 7.05 Å². The second-order valence-corrected chi connectivity index (χ2v) is 5.14. The van der Waals surface area contributed by atoms with Crippen molar-refractivity contribution < 1.29 is 9.53 Å². The highest BCUT2D eigenvalue weighted by Crippen LogP contribution is 2.29. The highest BCUT2D eigenvalue weighted by Gasteiger charge is 2.40. The third-order valence-electron chi connectivity index (χ3n) is 3.63. The Kier molecular flexibility index (Phi) is 5.57. The van der Waals surface area contributed by atoms with Gasteiger partial charge in [0.1, 0.15) is 5.41 Å². The molecule has 0 bridgehead atoms. The van der Waals surface area contributed by atoms with Crippen LogP contribution in [0.1, 0.15) is 26.7 Å². The summed E-state index contributed by atoms with van der Waals surface area (Å²) in [7, 11) is 2.02. The monoisotopic (exact) mass is 253 g/mol. The molecule has 0 aliphatic carbocycles. The van der Waals surface area contributed by atoms with Gasteiger partial charge in [-0.1, -0.05) is 0 Å². The molecular formula is C13H23N3O2. The molecule has 0 spiro atoms. The van der Waals surface area contributed by atoms with Gasteiger partial charge in [-0.05, 0) is 33.7 Å². The molecule has 1 saturated heterocycles. The van der Waals surface area contributed by atoms with Gasteiger partial charge < -0.3 is 15.0 Å². The van der Waals surface area contributed by atoms with Crippen molar-refractivity contribution in [1.29, 1.82) is 5.26 Å². The Morgan fingerprint density at radius 3 is 2.61 bits per heavy atom. The normalized spacial score (nSPS) is 18.7. The molecule has 0 atom stereocenters. The lowest BCUT2D eigenvalue weighted by Gasteiger charge is -2.29. The van der Waals surface area contributed by atoms with E-state index in [1.165, 1.54) is 0 Å². The molecule has 0 aromatic carbocycles. The molecule has 5 heteroatoms. The van der Waals surface area contributed by atoms with E-state index in [-0.39, 0.29) is 5.91 Å². The zero-order valence-electron chi connectivity index (χ0n) is 11.5. The fourth-order valence-corrected chi connectivity index (χ4v) is 1.88. The van der Waals surface area contributed by atoms with Crippen LogP contribution in [0.3, 0.4) is 0 Å². The maximum absolute atomic E-state index is 12.1. The van der Waals surface area contributed by atoms with Gasteiger partial charge in [-0.3, -0.25) is 4.79 Å². The van der Waals surface area contributed by atoms with Crippen molar-refractivity contribution in [1.82, 2.24) is 10.2 Å². The third-order valence-corrected chi connectivity index (χ3v) is 3.63. The first-order valence-corrected chi connectivity index (χ1v) is 6.49. The van der Waals surface area contributed by atoms with E-state index in [9.17, 15) is 10.1 Å². The summed E-state index contributed by atoms with van der Waals surface area (Å²) in [5, 5.41) is 12.1. The Hall–Kier alpha value is -1.12. The van der Waals surface area contributed by atoms with Crippen molar-refractivity contribution in [2.75, 3.05) is 33.4 Å². The van der Waals surface area contributed by atoms with Crippen molar-refractivity contribution in [3.05, 3.63) is 0 Å². The van der Waals surface area contributed by atoms with Crippen LogP contribution in [0.2, 0.25) is 0 Å². The number of rotatable bonds is 5. The average molecular weight is 253 g/mol. The van der Waals surface area contributed by atoms with Gasteiger partial charge in [-0.15, -0.1) is 0 Å². The molecule has 1 heterocycles. The molecule has 18 heavy (non-hydrogen) atoms. The predicted octanol–water partition coefficient (Wildman–Crippen LogP) is 0.763. The van der Waals surface area contributed by atoms with Crippen LogP contribution >= 0.6 is 0 Å². The molecule has 1 aliphatic heterocycles. The van der Waals surface area contributed by atoms with Crippen LogP contribution in [0.4, 0.5) is 0 Å². The van der Waals surface area contributed by atoms with Crippen LogP contribution in [-0.2, 0) is 9.53 Å². The molecule has 0 aromatic rings. The van der Waals surface area contributed by atoms with Gasteiger partial charge in [-0.2, -0.15) is 5.26 Å². The number of hydrogen-bond acceptors (Lipinski definition) is 4. The molecule has 0 saturated carbocycles. The molecule has 0 aromatic heterocycles. The van der Waals surface area contributed by atoms with Gasteiger partial charge in [0, 0.05) is 32.3 Å². The topological polar surface area (TPSA) is 65.4 Å². The zero-order valence-corrected chi connectivity index (χ0v) is 11.5. The SMILES string of the molecule is CC(C)N(C)CCNC(=O)C1(C#N)CCOCC1. The molecule has 0 unspecified atom stereocenters. The van der Waals surface area contributed by atoms with E-state index >= 15 is 0 Å². The summed E-state index contributed by atoms with van der Waals surface area (Å²) in [4.78, 5) is 14.3. The van der Waals surface area contributed by atoms with Crippen LogP contribution in [0.15, 0.2) is 0 Å². The largest absolute Gasteiger partial charge is 0.381 e. The number of carbonyl (C=O) groups excluding carboxylic acids is 1. The maximum atomic E-state index is 12.1. The summed E-state index contributed by atoms with van der Waals surface area (Å²) in [6.45, 7) is 6.58. The molecule has 102 valence electrons. The first-order chi connectivity index (χ1) is 8.52. The van der Waals surface area contributed by atoms with Gasteiger partial charge in [-0.25, -0.2) is 0 Å². The van der Waals surface area contributed by atoms with Crippen molar-refractivity contribution in [3.8, 4) is 6.07 Å². The average Bonchev–Trinajstić information content (AvgIpc) is 2.39. The van der Waals surface area contributed by atoms with E-state index in [2.05, 4.69) is 30.1 Å². The van der Waals surface area contributed by atoms with Crippen LogP contribution < -0.4 is 5.32 Å². The standard InChI is InChI=1S/C13H23N3O2/c1-11(2)16(3)7-6-15-12(17)13(10-14)4-8-18-9-5-13/h11H,4-9H2,1-3H3,(H,15,17). The first kappa shape index (κ1) is 14.9. The van der Waals surface area contributed by atoms with Crippen molar-refractivity contribution in [2.45, 2.75) is 32.7 Å². The molecular weight excluding hydrogens is 230 g/mol. The lowest BCUT2D eigenvalue weighted by Crippen LogP contribution is -2.46. The van der Waals surface area contributed by atoms with Crippen molar-refractivity contribution in [3.63, 3.8) is 0 Å². The van der Waals surface area contributed by atoms with Gasteiger partial charge >= 0.3 is 0 Å². The molecule has 1 rings (SSSR count). The quantitative estimate of drug-likeness (QED) is 0.785. The zero-order chi connectivity index (χ0) is 13.6. The van der Waals surface area contributed by atoms with Crippen LogP contribution in [0, 0.1) is 16.7 Å². The van der Waals surface area contributed by atoms with E-state index in [1.54, 1.807) is 0 Å². The minimum Gasteiger partial charge on any atom is -0.381 e. The molecule has 0 radical (unpaired) electrons. The molecule has 5 nitrogen and oxygen atoms in total. The molecule has 1 aliphatic rings. The highest BCUT2D eigenvalue weighted by atomic mass is 16.5. The maximum Gasteiger partial charge on any atom is 0.240 e. The summed E-state index contributed by atoms with van der Waals surface area (Å²) < 4.78 is 5.21. The molecule has 1 fully saturated rings. The van der Waals surface area contributed by atoms with Gasteiger partial charge in [0.2, 0.25) is 5.91 Å². The Morgan fingerprint density at radius 2 is 2.11 bits per heavy atom. The lowest BCUT2D eigenvalue weighted by molar-refractivity contribution is -0.132. The van der Waals surface area contributed by atoms with Gasteiger partial charge in [0.15, 0.2) is 0 Å². The Balaban J connectivity index is 2.42. The fraction of sp³-hybridized carbons (Fsp3) is 0.846. The Bertz CT molecular complexity index is 317. The van der Waals surface area contributed by atoms with E-state index in [0.29, 0.717) is 38.6 Å². The summed E-state index contributed by atoms with van der Waals surface area (Å²) in [5.41, 5.74) is -0.880. The van der Waals surface area contributed by atoms with E-state index < -0.39 is 5.41 Å². The number of nitrogens with one attached hydrogen (secondary N) is 1. The van der Waals surface area contributed by atoms with Crippen molar-refractivity contribution >= 4 is 5.91 Å². The number of amides is 1. The first-order valence-electron chi connectivity index (χ1n) is 6.49. The van der Waals surface area contributed by atoms with E-state index in [4.69, 9.17) is 4.74 Å². The van der Waals surface area contributed by atoms with Gasteiger partial charge in [0.05, 0.1) is 6.07 Å². The second kappa shape index (κ2) is 6.72. The number of ether oxygens (including phenoxy) is 1. The minimum absolute atomic E-state index is 0.148. The second-order valence-electron chi connectivity index (χ2n) is 5.14. The third kappa shape index (κ3) is 3.69. The number of likely N-dealkylation sites (N-methyl/N-ethyl adjacent to an activating group) is 1. The number of nitrogens with zero attached hydrogens (tertiary/aromatic N) is 2. The molecule has 1 N–H and O–H groups in total. The van der Waals surface area contributed by atoms with Crippen LogP contribution in [-0.4, -0.2) is 50.2 Å². The van der Waals surface area contributed by atoms with E-state index in [0.717, 1.165) is 6.54 Å². The number of nitriles is 1. The summed E-state index contributed by atoms with van der Waals surface area (Å²) >= 11 is 0. The predicted molar refractivity (Wildman–Crippen MR) is 68.9 cm³/mol. The number of hydrogen-bond donors (Lipinski definition) is 1. The van der Waals surface area contributed by atoms with Crippen LogP contribution in [0.5, 0.6) is 0 Å². The fourth-order valence-electron chi connectivity index (χ4n) is 1.88. The van der Waals surface area contributed by atoms with Gasteiger partial charge in [0.25, 0.3) is 0 Å². The van der Waals surface area contributed by atoms with Crippen LogP contribution in [0.25, 0.3) is 0 Å². The summed E-state index contributed by atoms with van der Waals surface area (Å²) in [6, 6.07) is 2.63. The van der Waals surface area contributed by atoms with Crippen molar-refractivity contribution in [2.24, 2.45) is 5.41 Å². The number of carbonyl (C=O) groups is 1. The minimum atomic E-state index is -0.880. The summed E-state index contributed by atoms with van der Waals surface area (Å²) in [5.74, 6) is -0.148. The molecule has 1 amide bonds. The smallest absolute Gasteiger partial charge is 0.240 e. The summed E-state index contributed by atoms with van der Waals surface area (Å²) in [6.07, 6.45) is 0.991. The lowest BCUT2D eigenvalue weighted by atomic mass is 9.81.